The molecule has 29 heavy (non-hydrogen) atoms. The molecule has 1 heterocycles. The van der Waals surface area contributed by atoms with Gasteiger partial charge >= 0.3 is 0 Å². The minimum Gasteiger partial charge on any atom is -0.484 e. The smallest absolute Gasteiger partial charge is 0.260 e. The van der Waals surface area contributed by atoms with Crippen LogP contribution in [0.3, 0.4) is 0 Å². The Bertz CT molecular complexity index is 806. The summed E-state index contributed by atoms with van der Waals surface area (Å²) in [6, 6.07) is 15.4. The Kier molecular flexibility index (Phi) is 7.19. The van der Waals surface area contributed by atoms with Crippen LogP contribution in [-0.2, 0) is 9.59 Å². The van der Waals surface area contributed by atoms with Crippen molar-refractivity contribution in [3.8, 4) is 5.75 Å². The van der Waals surface area contributed by atoms with Crippen LogP contribution >= 0.6 is 0 Å². The van der Waals surface area contributed by atoms with Crippen molar-refractivity contribution < 1.29 is 18.7 Å². The maximum atomic E-state index is 12.9. The topological polar surface area (TPSA) is 61.9 Å². The van der Waals surface area contributed by atoms with E-state index in [2.05, 4.69) is 5.32 Å². The van der Waals surface area contributed by atoms with Crippen LogP contribution in [0.2, 0.25) is 0 Å². The largest absolute Gasteiger partial charge is 0.484 e. The van der Waals surface area contributed by atoms with Crippen LogP contribution in [0.15, 0.2) is 54.6 Å². The molecular weight excluding hydrogens is 373 g/mol. The fourth-order valence-electron chi connectivity index (χ4n) is 3.24. The summed E-state index contributed by atoms with van der Waals surface area (Å²) in [7, 11) is 0. The standard InChI is InChI=1S/C22H26FN3O3/c1-17(18-5-3-2-4-6-18)24-21(27)15-25-11-13-26(14-12-25)22(28)16-29-20-9-7-19(23)8-10-20/h2-10,17H,11-16H2,1H3,(H,24,27). The molecule has 1 aliphatic heterocycles. The number of carbonyl (C=O) groups is 2. The van der Waals surface area contributed by atoms with E-state index in [1.165, 1.54) is 24.3 Å². The monoisotopic (exact) mass is 399 g/mol. The van der Waals surface area contributed by atoms with Gasteiger partial charge in [-0.3, -0.25) is 14.5 Å². The number of nitrogens with one attached hydrogen (secondary N) is 1. The predicted molar refractivity (Wildman–Crippen MR) is 108 cm³/mol. The molecule has 2 aromatic carbocycles. The van der Waals surface area contributed by atoms with Crippen LogP contribution in [0, 0.1) is 5.82 Å². The third-order valence-corrected chi connectivity index (χ3v) is 4.95. The van der Waals surface area contributed by atoms with E-state index < -0.39 is 0 Å². The van der Waals surface area contributed by atoms with E-state index in [0.29, 0.717) is 38.5 Å². The van der Waals surface area contributed by atoms with Crippen LogP contribution in [0.4, 0.5) is 4.39 Å². The number of halogens is 1. The number of piperazine rings is 1. The van der Waals surface area contributed by atoms with Gasteiger partial charge in [0.1, 0.15) is 11.6 Å². The highest BCUT2D eigenvalue weighted by atomic mass is 19.1. The maximum Gasteiger partial charge on any atom is 0.260 e. The minimum absolute atomic E-state index is 0.0271. The van der Waals surface area contributed by atoms with Gasteiger partial charge < -0.3 is 15.0 Å². The molecule has 3 rings (SSSR count). The van der Waals surface area contributed by atoms with Crippen LogP contribution in [0.5, 0.6) is 5.75 Å². The summed E-state index contributed by atoms with van der Waals surface area (Å²) in [5.74, 6) is -0.0264. The molecule has 0 radical (unpaired) electrons. The Hall–Kier alpha value is -2.93. The molecule has 2 aromatic rings. The zero-order valence-corrected chi connectivity index (χ0v) is 16.5. The Labute approximate surface area is 170 Å². The number of nitrogens with zero attached hydrogens (tertiary/aromatic N) is 2. The van der Waals surface area contributed by atoms with Gasteiger partial charge in [-0.15, -0.1) is 0 Å². The maximum absolute atomic E-state index is 12.9. The van der Waals surface area contributed by atoms with E-state index >= 15 is 0 Å². The minimum atomic E-state index is -0.345. The first-order valence-electron chi connectivity index (χ1n) is 9.74. The average Bonchev–Trinajstić information content (AvgIpc) is 2.74. The molecule has 7 heteroatoms. The number of benzene rings is 2. The van der Waals surface area contributed by atoms with Crippen LogP contribution in [0.1, 0.15) is 18.5 Å². The van der Waals surface area contributed by atoms with Gasteiger partial charge in [-0.2, -0.15) is 0 Å². The molecule has 154 valence electrons. The van der Waals surface area contributed by atoms with Gasteiger partial charge in [-0.25, -0.2) is 4.39 Å². The average molecular weight is 399 g/mol. The van der Waals surface area contributed by atoms with E-state index in [0.717, 1.165) is 5.56 Å². The molecule has 0 spiro atoms. The van der Waals surface area contributed by atoms with Crippen molar-refractivity contribution in [1.29, 1.82) is 0 Å². The second-order valence-corrected chi connectivity index (χ2v) is 7.10. The third kappa shape index (κ3) is 6.29. The van der Waals surface area contributed by atoms with Gasteiger partial charge in [0.15, 0.2) is 6.61 Å². The van der Waals surface area contributed by atoms with Crippen molar-refractivity contribution >= 4 is 11.8 Å². The number of ether oxygens (including phenoxy) is 1. The van der Waals surface area contributed by atoms with E-state index in [9.17, 15) is 14.0 Å². The van der Waals surface area contributed by atoms with E-state index in [1.54, 1.807) is 4.90 Å². The Balaban J connectivity index is 1.37. The summed E-state index contributed by atoms with van der Waals surface area (Å²) in [5, 5.41) is 3.01. The highest BCUT2D eigenvalue weighted by Gasteiger charge is 2.23. The lowest BCUT2D eigenvalue weighted by molar-refractivity contribution is -0.135. The van der Waals surface area contributed by atoms with Crippen LogP contribution in [-0.4, -0.2) is 60.9 Å². The highest BCUT2D eigenvalue weighted by Crippen LogP contribution is 2.12. The highest BCUT2D eigenvalue weighted by molar-refractivity contribution is 5.79. The van der Waals surface area contributed by atoms with E-state index in [1.807, 2.05) is 42.2 Å². The fourth-order valence-corrected chi connectivity index (χ4v) is 3.24. The normalized spacial score (nSPS) is 15.6. The van der Waals surface area contributed by atoms with Crippen molar-refractivity contribution in [2.75, 3.05) is 39.3 Å². The molecular formula is C22H26FN3O3. The van der Waals surface area contributed by atoms with Crippen LogP contribution in [0.25, 0.3) is 0 Å². The molecule has 1 N–H and O–H groups in total. The van der Waals surface area contributed by atoms with E-state index in [4.69, 9.17) is 4.74 Å². The summed E-state index contributed by atoms with van der Waals surface area (Å²) in [4.78, 5) is 28.4. The number of carbonyl (C=O) groups excluding carboxylic acids is 2. The lowest BCUT2D eigenvalue weighted by atomic mass is 10.1. The summed E-state index contributed by atoms with van der Waals surface area (Å²) < 4.78 is 18.3. The lowest BCUT2D eigenvalue weighted by Crippen LogP contribution is -2.52. The molecule has 0 saturated carbocycles. The number of amides is 2. The lowest BCUT2D eigenvalue weighted by Gasteiger charge is -2.34. The molecule has 1 saturated heterocycles. The van der Waals surface area contributed by atoms with Gasteiger partial charge in [0.05, 0.1) is 12.6 Å². The Morgan fingerprint density at radius 2 is 1.69 bits per heavy atom. The molecule has 1 atom stereocenters. The van der Waals surface area contributed by atoms with Crippen molar-refractivity contribution in [1.82, 2.24) is 15.1 Å². The SMILES string of the molecule is CC(NC(=O)CN1CCN(C(=O)COc2ccc(F)cc2)CC1)c1ccccc1. The quantitative estimate of drug-likeness (QED) is 0.776. The Morgan fingerprint density at radius 3 is 2.34 bits per heavy atom. The summed E-state index contributed by atoms with van der Waals surface area (Å²) in [6.07, 6.45) is 0. The molecule has 1 aliphatic rings. The first-order chi connectivity index (χ1) is 14.0. The second-order valence-electron chi connectivity index (χ2n) is 7.10. The molecule has 0 bridgehead atoms. The fraction of sp³-hybridized carbons (Fsp3) is 0.364. The Morgan fingerprint density at radius 1 is 1.03 bits per heavy atom. The molecule has 2 amide bonds. The van der Waals surface area contributed by atoms with Gasteiger partial charge in [-0.05, 0) is 36.8 Å². The van der Waals surface area contributed by atoms with Crippen molar-refractivity contribution in [3.05, 3.63) is 66.0 Å². The van der Waals surface area contributed by atoms with Gasteiger partial charge in [0.2, 0.25) is 5.91 Å². The predicted octanol–water partition coefficient (Wildman–Crippen LogP) is 2.23. The first-order valence-corrected chi connectivity index (χ1v) is 9.74. The van der Waals surface area contributed by atoms with Gasteiger partial charge in [0.25, 0.3) is 5.91 Å². The van der Waals surface area contributed by atoms with E-state index in [-0.39, 0.29) is 30.3 Å². The van der Waals surface area contributed by atoms with Gasteiger partial charge in [-0.1, -0.05) is 30.3 Å². The molecule has 6 nitrogen and oxygen atoms in total. The zero-order valence-electron chi connectivity index (χ0n) is 16.5. The summed E-state index contributed by atoms with van der Waals surface area (Å²) >= 11 is 0. The summed E-state index contributed by atoms with van der Waals surface area (Å²) in [5.41, 5.74) is 1.07. The molecule has 0 aromatic heterocycles. The summed E-state index contributed by atoms with van der Waals surface area (Å²) in [6.45, 7) is 4.56. The number of rotatable bonds is 7. The van der Waals surface area contributed by atoms with Crippen molar-refractivity contribution in [2.45, 2.75) is 13.0 Å². The molecule has 0 aliphatic carbocycles. The number of hydrogen-bond acceptors (Lipinski definition) is 4. The number of hydrogen-bond donors (Lipinski definition) is 1. The molecule has 1 fully saturated rings. The third-order valence-electron chi connectivity index (χ3n) is 4.95. The second kappa shape index (κ2) is 10.0. The van der Waals surface area contributed by atoms with Crippen LogP contribution < -0.4 is 10.1 Å². The molecule has 1 unspecified atom stereocenters. The van der Waals surface area contributed by atoms with Gasteiger partial charge in [0, 0.05) is 26.2 Å². The first kappa shape index (κ1) is 20.8. The zero-order chi connectivity index (χ0) is 20.6. The van der Waals surface area contributed by atoms with Crippen molar-refractivity contribution in [2.24, 2.45) is 0 Å². The van der Waals surface area contributed by atoms with Crippen molar-refractivity contribution in [3.63, 3.8) is 0 Å².